The zero-order valence-corrected chi connectivity index (χ0v) is 19.6. The lowest BCUT2D eigenvalue weighted by Crippen LogP contribution is -2.56. The van der Waals surface area contributed by atoms with E-state index in [-0.39, 0.29) is 12.3 Å². The van der Waals surface area contributed by atoms with Gasteiger partial charge in [0.05, 0.1) is 12.4 Å². The number of hydrogen-bond donors (Lipinski definition) is 6. The maximum absolute atomic E-state index is 13.2. The summed E-state index contributed by atoms with van der Waals surface area (Å²) >= 11 is 0. The first kappa shape index (κ1) is 24.9. The molecular weight excluding hydrogens is 466 g/mol. The SMILES string of the molecule is NC(Cc1c[nH]c2ccccc12)C(=O)N1CCCC1C(=O)NC(Cc1cnc[nH]1)C(=O)NCC(=O)O. The van der Waals surface area contributed by atoms with Gasteiger partial charge in [0.25, 0.3) is 0 Å². The molecule has 3 amide bonds. The van der Waals surface area contributed by atoms with Crippen LogP contribution in [0.1, 0.15) is 24.1 Å². The highest BCUT2D eigenvalue weighted by Gasteiger charge is 2.37. The molecule has 3 unspecified atom stereocenters. The number of carboxylic acids is 1. The van der Waals surface area contributed by atoms with Gasteiger partial charge in [-0.25, -0.2) is 4.98 Å². The van der Waals surface area contributed by atoms with Gasteiger partial charge in [0.2, 0.25) is 17.7 Å². The van der Waals surface area contributed by atoms with E-state index in [4.69, 9.17) is 10.8 Å². The molecule has 1 aliphatic heterocycles. The van der Waals surface area contributed by atoms with Crippen LogP contribution in [0.2, 0.25) is 0 Å². The van der Waals surface area contributed by atoms with Crippen molar-refractivity contribution in [3.05, 3.63) is 54.2 Å². The number of H-pyrrole nitrogens is 2. The molecule has 12 nitrogen and oxygen atoms in total. The van der Waals surface area contributed by atoms with Gasteiger partial charge in [0.15, 0.2) is 0 Å². The van der Waals surface area contributed by atoms with Gasteiger partial charge in [0.1, 0.15) is 18.6 Å². The Kier molecular flexibility index (Phi) is 7.64. The lowest BCUT2D eigenvalue weighted by atomic mass is 10.0. The number of fused-ring (bicyclic) bond motifs is 1. The minimum Gasteiger partial charge on any atom is -0.480 e. The van der Waals surface area contributed by atoms with Crippen LogP contribution in [-0.4, -0.2) is 79.9 Å². The zero-order valence-electron chi connectivity index (χ0n) is 19.6. The average Bonchev–Trinajstić information content (AvgIpc) is 3.63. The van der Waals surface area contributed by atoms with E-state index in [0.717, 1.165) is 16.5 Å². The van der Waals surface area contributed by atoms with E-state index in [1.807, 2.05) is 30.5 Å². The number of nitrogens with one attached hydrogen (secondary N) is 4. The first-order valence-electron chi connectivity index (χ1n) is 11.7. The van der Waals surface area contributed by atoms with Gasteiger partial charge < -0.3 is 36.3 Å². The fraction of sp³-hybridized carbons (Fsp3) is 0.375. The number of aromatic nitrogens is 3. The number of nitrogens with zero attached hydrogens (tertiary/aromatic N) is 2. The van der Waals surface area contributed by atoms with Crippen LogP contribution in [0.5, 0.6) is 0 Å². The molecule has 0 radical (unpaired) electrons. The molecule has 12 heteroatoms. The van der Waals surface area contributed by atoms with Gasteiger partial charge in [-0.15, -0.1) is 0 Å². The molecule has 190 valence electrons. The molecule has 0 bridgehead atoms. The van der Waals surface area contributed by atoms with Gasteiger partial charge in [-0.1, -0.05) is 18.2 Å². The van der Waals surface area contributed by atoms with Gasteiger partial charge in [-0.3, -0.25) is 19.2 Å². The lowest BCUT2D eigenvalue weighted by Gasteiger charge is -2.28. The number of carbonyl (C=O) groups excluding carboxylic acids is 3. The summed E-state index contributed by atoms with van der Waals surface area (Å²) in [4.78, 5) is 61.3. The van der Waals surface area contributed by atoms with Crippen molar-refractivity contribution >= 4 is 34.6 Å². The molecule has 3 atom stereocenters. The molecule has 3 aromatic rings. The van der Waals surface area contributed by atoms with Crippen molar-refractivity contribution < 1.29 is 24.3 Å². The molecule has 1 saturated heterocycles. The summed E-state index contributed by atoms with van der Waals surface area (Å²) in [5, 5.41) is 14.8. The van der Waals surface area contributed by atoms with Crippen LogP contribution >= 0.6 is 0 Å². The molecule has 1 fully saturated rings. The molecule has 2 aromatic heterocycles. The number of imidazole rings is 1. The Morgan fingerprint density at radius 2 is 2.00 bits per heavy atom. The maximum Gasteiger partial charge on any atom is 0.322 e. The topological polar surface area (TPSA) is 186 Å². The minimum atomic E-state index is -1.20. The normalized spacial score (nSPS) is 17.0. The van der Waals surface area contributed by atoms with Gasteiger partial charge in [-0.2, -0.15) is 0 Å². The zero-order chi connectivity index (χ0) is 25.7. The fourth-order valence-corrected chi connectivity index (χ4v) is 4.52. The van der Waals surface area contributed by atoms with Crippen molar-refractivity contribution in [2.45, 2.75) is 43.8 Å². The third kappa shape index (κ3) is 5.71. The minimum absolute atomic E-state index is 0.0813. The first-order chi connectivity index (χ1) is 17.3. The number of rotatable bonds is 10. The highest BCUT2D eigenvalue weighted by Crippen LogP contribution is 2.22. The summed E-state index contributed by atoms with van der Waals surface area (Å²) in [5.41, 5.74) is 8.74. The van der Waals surface area contributed by atoms with E-state index in [9.17, 15) is 19.2 Å². The van der Waals surface area contributed by atoms with E-state index in [2.05, 4.69) is 25.6 Å². The summed E-state index contributed by atoms with van der Waals surface area (Å²) in [7, 11) is 0. The fourth-order valence-electron chi connectivity index (χ4n) is 4.52. The molecule has 3 heterocycles. The van der Waals surface area contributed by atoms with Crippen LogP contribution in [-0.2, 0) is 32.0 Å². The van der Waals surface area contributed by atoms with Gasteiger partial charge in [0, 0.05) is 42.0 Å². The summed E-state index contributed by atoms with van der Waals surface area (Å²) in [6.45, 7) is -0.195. The highest BCUT2D eigenvalue weighted by molar-refractivity contribution is 5.94. The van der Waals surface area contributed by atoms with Crippen LogP contribution in [0.3, 0.4) is 0 Å². The number of para-hydroxylation sites is 1. The molecule has 36 heavy (non-hydrogen) atoms. The number of likely N-dealkylation sites (tertiary alicyclic amines) is 1. The third-order valence-corrected chi connectivity index (χ3v) is 6.30. The van der Waals surface area contributed by atoms with Crippen molar-refractivity contribution in [1.29, 1.82) is 0 Å². The van der Waals surface area contributed by atoms with Crippen molar-refractivity contribution in [2.24, 2.45) is 5.73 Å². The van der Waals surface area contributed by atoms with Crippen LogP contribution < -0.4 is 16.4 Å². The number of carbonyl (C=O) groups is 4. The number of carboxylic acid groups (broad SMARTS) is 1. The first-order valence-corrected chi connectivity index (χ1v) is 11.7. The average molecular weight is 496 g/mol. The summed E-state index contributed by atoms with van der Waals surface area (Å²) in [5.74, 6) is -2.67. The monoisotopic (exact) mass is 495 g/mol. The molecule has 4 rings (SSSR count). The molecule has 1 aliphatic rings. The number of benzene rings is 1. The van der Waals surface area contributed by atoms with Gasteiger partial charge in [-0.05, 0) is 30.9 Å². The molecular formula is C24H29N7O5. The number of aliphatic carboxylic acids is 1. The lowest BCUT2D eigenvalue weighted by molar-refractivity contribution is -0.141. The van der Waals surface area contributed by atoms with Crippen LogP contribution in [0.25, 0.3) is 10.9 Å². The number of nitrogens with two attached hydrogens (primary N) is 1. The van der Waals surface area contributed by atoms with E-state index in [0.29, 0.717) is 31.5 Å². The summed E-state index contributed by atoms with van der Waals surface area (Å²) < 4.78 is 0. The summed E-state index contributed by atoms with van der Waals surface area (Å²) in [6, 6.07) is 5.08. The van der Waals surface area contributed by atoms with E-state index < -0.39 is 42.5 Å². The van der Waals surface area contributed by atoms with E-state index in [1.54, 1.807) is 0 Å². The number of amides is 3. The van der Waals surface area contributed by atoms with Crippen LogP contribution in [0.4, 0.5) is 0 Å². The Morgan fingerprint density at radius 3 is 2.75 bits per heavy atom. The second kappa shape index (κ2) is 11.0. The Labute approximate surface area is 206 Å². The molecule has 7 N–H and O–H groups in total. The quantitative estimate of drug-likeness (QED) is 0.222. The molecule has 0 spiro atoms. The predicted molar refractivity (Wildman–Crippen MR) is 130 cm³/mol. The van der Waals surface area contributed by atoms with Gasteiger partial charge >= 0.3 is 5.97 Å². The van der Waals surface area contributed by atoms with Crippen molar-refractivity contribution in [3.8, 4) is 0 Å². The van der Waals surface area contributed by atoms with Crippen molar-refractivity contribution in [2.75, 3.05) is 13.1 Å². The van der Waals surface area contributed by atoms with Crippen molar-refractivity contribution in [3.63, 3.8) is 0 Å². The second-order valence-electron chi connectivity index (χ2n) is 8.81. The van der Waals surface area contributed by atoms with Crippen LogP contribution in [0.15, 0.2) is 43.0 Å². The third-order valence-electron chi connectivity index (χ3n) is 6.30. The smallest absolute Gasteiger partial charge is 0.322 e. The Hall–Kier alpha value is -4.19. The van der Waals surface area contributed by atoms with Crippen molar-refractivity contribution in [1.82, 2.24) is 30.5 Å². The van der Waals surface area contributed by atoms with E-state index in [1.165, 1.54) is 17.4 Å². The predicted octanol–water partition coefficient (Wildman–Crippen LogP) is -0.320. The standard InChI is InChI=1S/C24H29N7O5/c25-17(8-14-10-27-18-5-2-1-4-16(14)18)24(36)31-7-3-6-20(31)23(35)30-19(9-15-11-26-13-29-15)22(34)28-12-21(32)33/h1-2,4-5,10-11,13,17,19-20,27H,3,6-9,12,25H2,(H,26,29)(H,28,34)(H,30,35)(H,32,33). The largest absolute Gasteiger partial charge is 0.480 e. The summed E-state index contributed by atoms with van der Waals surface area (Å²) in [6.07, 6.45) is 6.24. The van der Waals surface area contributed by atoms with E-state index >= 15 is 0 Å². The Bertz CT molecular complexity index is 1240. The Morgan fingerprint density at radius 1 is 1.19 bits per heavy atom. The maximum atomic E-state index is 13.2. The second-order valence-corrected chi connectivity index (χ2v) is 8.81. The molecule has 1 aromatic carbocycles. The number of hydrogen-bond acceptors (Lipinski definition) is 6. The molecule has 0 aliphatic carbocycles. The Balaban J connectivity index is 1.42. The number of aromatic amines is 2. The molecule has 0 saturated carbocycles. The highest BCUT2D eigenvalue weighted by atomic mass is 16.4. The van der Waals surface area contributed by atoms with Crippen LogP contribution in [0, 0.1) is 0 Å².